The summed E-state index contributed by atoms with van der Waals surface area (Å²) in [6.07, 6.45) is 9.26. The first kappa shape index (κ1) is 27.4. The lowest BCUT2D eigenvalue weighted by Crippen LogP contribution is -2.49. The molecule has 1 saturated heterocycles. The first-order chi connectivity index (χ1) is 17.7. The van der Waals surface area contributed by atoms with Crippen LogP contribution in [0.2, 0.25) is 0 Å². The predicted octanol–water partition coefficient (Wildman–Crippen LogP) is 4.31. The maximum atomic E-state index is 13.7. The summed E-state index contributed by atoms with van der Waals surface area (Å²) in [5.74, 6) is 1.59. The van der Waals surface area contributed by atoms with Crippen LogP contribution in [-0.4, -0.2) is 62.0 Å². The summed E-state index contributed by atoms with van der Waals surface area (Å²) in [5, 5.41) is 3.08. The van der Waals surface area contributed by atoms with Crippen molar-refractivity contribution in [2.45, 2.75) is 71.8 Å². The van der Waals surface area contributed by atoms with Gasteiger partial charge in [0.05, 0.1) is 32.1 Å². The van der Waals surface area contributed by atoms with Crippen molar-refractivity contribution in [3.63, 3.8) is 0 Å². The van der Waals surface area contributed by atoms with Crippen molar-refractivity contribution in [3.8, 4) is 5.75 Å². The fourth-order valence-electron chi connectivity index (χ4n) is 6.41. The number of Topliss-reactive ketones (excluding diaryl/α,β-unsaturated/α-hetero) is 1. The van der Waals surface area contributed by atoms with Gasteiger partial charge in [-0.1, -0.05) is 18.6 Å². The number of carbonyl (C=O) groups is 2. The van der Waals surface area contributed by atoms with Crippen LogP contribution >= 0.6 is 0 Å². The van der Waals surface area contributed by atoms with E-state index in [0.717, 1.165) is 54.7 Å². The van der Waals surface area contributed by atoms with Gasteiger partial charge in [-0.15, -0.1) is 0 Å². The van der Waals surface area contributed by atoms with Crippen LogP contribution in [0.25, 0.3) is 0 Å². The van der Waals surface area contributed by atoms with Gasteiger partial charge >= 0.3 is 0 Å². The Labute approximate surface area is 221 Å². The van der Waals surface area contributed by atoms with Gasteiger partial charge in [0.1, 0.15) is 5.75 Å². The van der Waals surface area contributed by atoms with Gasteiger partial charge in [0.25, 0.3) is 0 Å². The van der Waals surface area contributed by atoms with Crippen LogP contribution in [0, 0.1) is 31.6 Å². The summed E-state index contributed by atoms with van der Waals surface area (Å²) < 4.78 is 10.9. The monoisotopic (exact) mass is 509 g/mol. The number of nitrogens with one attached hydrogen (secondary N) is 1. The highest BCUT2D eigenvalue weighted by molar-refractivity contribution is 5.97. The number of hydrogen-bond acceptors (Lipinski definition) is 6. The number of ketones is 1. The van der Waals surface area contributed by atoms with Gasteiger partial charge in [0, 0.05) is 38.8 Å². The molecule has 2 aliphatic carbocycles. The molecule has 202 valence electrons. The normalized spacial score (nSPS) is 24.8. The summed E-state index contributed by atoms with van der Waals surface area (Å²) in [5.41, 5.74) is 6.65. The molecule has 0 aromatic carbocycles. The predicted molar refractivity (Wildman–Crippen MR) is 144 cm³/mol. The van der Waals surface area contributed by atoms with E-state index < -0.39 is 0 Å². The molecule has 7 nitrogen and oxygen atoms in total. The lowest BCUT2D eigenvalue weighted by atomic mass is 9.69. The molecule has 1 amide bonds. The fraction of sp³-hybridized carbons (Fsp3) is 0.633. The Kier molecular flexibility index (Phi) is 8.73. The number of rotatable bonds is 7. The molecule has 0 spiro atoms. The van der Waals surface area contributed by atoms with Crippen LogP contribution < -0.4 is 10.1 Å². The summed E-state index contributed by atoms with van der Waals surface area (Å²) in [7, 11) is 5.86. The largest absolute Gasteiger partial charge is 0.495 e. The number of pyridine rings is 1. The Hall–Kier alpha value is -2.67. The first-order valence-electron chi connectivity index (χ1n) is 13.7. The Bertz CT molecular complexity index is 1090. The molecule has 1 aromatic heterocycles. The zero-order valence-electron chi connectivity index (χ0n) is 23.4. The van der Waals surface area contributed by atoms with Crippen LogP contribution in [-0.2, 0) is 20.7 Å². The molecule has 3 unspecified atom stereocenters. The van der Waals surface area contributed by atoms with E-state index in [1.165, 1.54) is 16.8 Å². The third-order valence-corrected chi connectivity index (χ3v) is 8.35. The molecule has 2 heterocycles. The van der Waals surface area contributed by atoms with Gasteiger partial charge in [0.2, 0.25) is 5.91 Å². The third-order valence-electron chi connectivity index (χ3n) is 8.35. The number of aryl methyl sites for hydroxylation is 1. The summed E-state index contributed by atoms with van der Waals surface area (Å²) in [6, 6.07) is 0.104. The molecule has 1 aliphatic heterocycles. The number of aromatic nitrogens is 1. The van der Waals surface area contributed by atoms with Gasteiger partial charge in [0.15, 0.2) is 5.78 Å². The molecule has 0 saturated carbocycles. The van der Waals surface area contributed by atoms with Crippen LogP contribution in [0.4, 0.5) is 0 Å². The van der Waals surface area contributed by atoms with Crippen LogP contribution in [0.3, 0.4) is 0 Å². The van der Waals surface area contributed by atoms with Gasteiger partial charge in [-0.05, 0) is 80.4 Å². The maximum absolute atomic E-state index is 13.7. The highest BCUT2D eigenvalue weighted by Gasteiger charge is 2.36. The Morgan fingerprint density at radius 2 is 1.95 bits per heavy atom. The van der Waals surface area contributed by atoms with E-state index >= 15 is 0 Å². The quantitative estimate of drug-likeness (QED) is 0.590. The van der Waals surface area contributed by atoms with E-state index in [0.29, 0.717) is 32.0 Å². The van der Waals surface area contributed by atoms with E-state index in [9.17, 15) is 9.59 Å². The SMILES string of the molecule is COc1c(C)ncc(CC2CCC(CC(=O)NC3COC3)C3=C2CC(C)C(N(C)C)=CCCC3=O)c1C. The van der Waals surface area contributed by atoms with Crippen molar-refractivity contribution >= 4 is 11.7 Å². The number of methoxy groups -OCH3 is 1. The standard InChI is InChI=1S/C30H43N3O4/c1-18-12-25-21(13-23-15-31-20(3)30(36-6)19(23)2)10-11-22(14-28(35)32-24-16-37-17-24)29(25)27(34)9-7-8-26(18)33(4)5/h8,15,18,21-22,24H,7,9-14,16-17H2,1-6H3,(H,32,35). The van der Waals surface area contributed by atoms with Gasteiger partial charge in [-0.3, -0.25) is 14.6 Å². The van der Waals surface area contributed by atoms with E-state index in [1.807, 2.05) is 13.1 Å². The highest BCUT2D eigenvalue weighted by Crippen LogP contribution is 2.44. The lowest BCUT2D eigenvalue weighted by molar-refractivity contribution is -0.126. The Balaban J connectivity index is 1.69. The molecule has 1 N–H and O–H groups in total. The lowest BCUT2D eigenvalue weighted by Gasteiger charge is -2.36. The van der Waals surface area contributed by atoms with Gasteiger partial charge in [-0.25, -0.2) is 0 Å². The highest BCUT2D eigenvalue weighted by atomic mass is 16.5. The molecule has 4 rings (SSSR count). The van der Waals surface area contributed by atoms with Gasteiger partial charge in [-0.2, -0.15) is 0 Å². The molecule has 0 radical (unpaired) electrons. The van der Waals surface area contributed by atoms with Crippen molar-refractivity contribution in [2.75, 3.05) is 34.4 Å². The first-order valence-corrected chi connectivity index (χ1v) is 13.7. The Morgan fingerprint density at radius 1 is 1.22 bits per heavy atom. The summed E-state index contributed by atoms with van der Waals surface area (Å²) in [4.78, 5) is 33.4. The second-order valence-electron chi connectivity index (χ2n) is 11.2. The van der Waals surface area contributed by atoms with Crippen LogP contribution in [0.5, 0.6) is 5.75 Å². The van der Waals surface area contributed by atoms with E-state index in [4.69, 9.17) is 9.47 Å². The number of allylic oxidation sites excluding steroid dienone is 4. The van der Waals surface area contributed by atoms with E-state index in [1.54, 1.807) is 7.11 Å². The number of hydrogen-bond donors (Lipinski definition) is 1. The number of nitrogens with zero attached hydrogens (tertiary/aromatic N) is 2. The van der Waals surface area contributed by atoms with Crippen molar-refractivity contribution in [1.29, 1.82) is 0 Å². The molecular weight excluding hydrogens is 466 g/mol. The molecule has 1 fully saturated rings. The minimum absolute atomic E-state index is 0.0275. The van der Waals surface area contributed by atoms with E-state index in [2.05, 4.69) is 49.2 Å². The second kappa shape index (κ2) is 11.8. The zero-order chi connectivity index (χ0) is 26.7. The fourth-order valence-corrected chi connectivity index (χ4v) is 6.41. The third kappa shape index (κ3) is 6.08. The summed E-state index contributed by atoms with van der Waals surface area (Å²) >= 11 is 0. The minimum Gasteiger partial charge on any atom is -0.495 e. The zero-order valence-corrected chi connectivity index (χ0v) is 23.4. The molecule has 7 heteroatoms. The van der Waals surface area contributed by atoms with Crippen LogP contribution in [0.1, 0.15) is 62.3 Å². The van der Waals surface area contributed by atoms with Crippen molar-refractivity contribution < 1.29 is 19.1 Å². The molecule has 0 bridgehead atoms. The Morgan fingerprint density at radius 3 is 2.59 bits per heavy atom. The number of carbonyl (C=O) groups excluding carboxylic acids is 2. The molecule has 3 atom stereocenters. The molecule has 37 heavy (non-hydrogen) atoms. The number of amides is 1. The smallest absolute Gasteiger partial charge is 0.220 e. The second-order valence-corrected chi connectivity index (χ2v) is 11.2. The van der Waals surface area contributed by atoms with Crippen molar-refractivity contribution in [3.05, 3.63) is 45.9 Å². The molecule has 3 aliphatic rings. The average molecular weight is 510 g/mol. The number of ether oxygens (including phenoxy) is 2. The van der Waals surface area contributed by atoms with Crippen molar-refractivity contribution in [2.24, 2.45) is 17.8 Å². The van der Waals surface area contributed by atoms with E-state index in [-0.39, 0.29) is 29.6 Å². The van der Waals surface area contributed by atoms with Gasteiger partial charge < -0.3 is 19.7 Å². The van der Waals surface area contributed by atoms with Crippen molar-refractivity contribution in [1.82, 2.24) is 15.2 Å². The summed E-state index contributed by atoms with van der Waals surface area (Å²) in [6.45, 7) is 7.49. The molecule has 1 aromatic rings. The average Bonchev–Trinajstić information content (AvgIpc) is 2.88. The topological polar surface area (TPSA) is 80.8 Å². The maximum Gasteiger partial charge on any atom is 0.220 e. The van der Waals surface area contributed by atoms with Crippen LogP contribution in [0.15, 0.2) is 29.1 Å². The molecular formula is C30H43N3O4. The minimum atomic E-state index is -0.0281.